The first-order chi connectivity index (χ1) is 15.0. The first kappa shape index (κ1) is 22.3. The summed E-state index contributed by atoms with van der Waals surface area (Å²) in [5.41, 5.74) is 0.711. The maximum atomic E-state index is 11.5. The van der Waals surface area contributed by atoms with E-state index in [1.807, 2.05) is 18.2 Å². The molecule has 2 N–H and O–H groups in total. The summed E-state index contributed by atoms with van der Waals surface area (Å²) in [6, 6.07) is 5.75. The van der Waals surface area contributed by atoms with Gasteiger partial charge in [-0.15, -0.1) is 5.10 Å². The molecular weight excluding hydrogens is 464 g/mol. The largest absolute Gasteiger partial charge is 0.483 e. The van der Waals surface area contributed by atoms with Crippen molar-refractivity contribution in [3.8, 4) is 0 Å². The number of carbonyl (C=O) groups excluding carboxylic acids is 1. The third-order valence-corrected chi connectivity index (χ3v) is 5.23. The molecule has 1 amide bonds. The van der Waals surface area contributed by atoms with Crippen LogP contribution < -0.4 is 10.2 Å². The highest BCUT2D eigenvalue weighted by Gasteiger charge is 2.26. The SMILES string of the molecule is C=CC(=O)Nc1ccc2c(N3CC[C@@H](Cc4ncc(Br)cn4)C3)nncc2c1.O=CO. The highest BCUT2D eigenvalue weighted by atomic mass is 79.9. The number of halogens is 1. The van der Waals surface area contributed by atoms with Gasteiger partial charge in [-0.1, -0.05) is 6.58 Å². The van der Waals surface area contributed by atoms with Gasteiger partial charge in [-0.25, -0.2) is 9.97 Å². The quantitative estimate of drug-likeness (QED) is 0.418. The first-order valence-electron chi connectivity index (χ1n) is 9.52. The zero-order valence-electron chi connectivity index (χ0n) is 16.6. The molecule has 9 nitrogen and oxygen atoms in total. The Labute approximate surface area is 187 Å². The van der Waals surface area contributed by atoms with Crippen molar-refractivity contribution in [3.63, 3.8) is 0 Å². The summed E-state index contributed by atoms with van der Waals surface area (Å²) in [4.78, 5) is 30.9. The minimum Gasteiger partial charge on any atom is -0.483 e. The third-order valence-electron chi connectivity index (χ3n) is 4.83. The molecule has 0 bridgehead atoms. The lowest BCUT2D eigenvalue weighted by Crippen LogP contribution is -2.22. The van der Waals surface area contributed by atoms with E-state index < -0.39 is 0 Å². The summed E-state index contributed by atoms with van der Waals surface area (Å²) in [6.45, 7) is 5.04. The molecule has 0 radical (unpaired) electrons. The van der Waals surface area contributed by atoms with Gasteiger partial charge < -0.3 is 15.3 Å². The van der Waals surface area contributed by atoms with Crippen LogP contribution in [-0.2, 0) is 16.0 Å². The normalized spacial score (nSPS) is 15.1. The van der Waals surface area contributed by atoms with Crippen molar-refractivity contribution < 1.29 is 14.7 Å². The van der Waals surface area contributed by atoms with Crippen LogP contribution in [0.1, 0.15) is 12.2 Å². The van der Waals surface area contributed by atoms with E-state index in [1.54, 1.807) is 18.6 Å². The number of aromatic nitrogens is 4. The number of benzene rings is 1. The van der Waals surface area contributed by atoms with Crippen LogP contribution in [0.2, 0.25) is 0 Å². The maximum absolute atomic E-state index is 11.5. The summed E-state index contributed by atoms with van der Waals surface area (Å²) < 4.78 is 0.888. The molecule has 0 unspecified atom stereocenters. The highest BCUT2D eigenvalue weighted by molar-refractivity contribution is 9.10. The average molecular weight is 485 g/mol. The number of hydrogen-bond acceptors (Lipinski definition) is 7. The van der Waals surface area contributed by atoms with Crippen molar-refractivity contribution in [2.24, 2.45) is 5.92 Å². The first-order valence-corrected chi connectivity index (χ1v) is 10.3. The van der Waals surface area contributed by atoms with Gasteiger partial charge in [0.2, 0.25) is 5.91 Å². The van der Waals surface area contributed by atoms with Crippen molar-refractivity contribution in [3.05, 3.63) is 59.7 Å². The monoisotopic (exact) mass is 484 g/mol. The van der Waals surface area contributed by atoms with E-state index in [0.29, 0.717) is 11.6 Å². The lowest BCUT2D eigenvalue weighted by atomic mass is 10.0. The van der Waals surface area contributed by atoms with Gasteiger partial charge in [-0.2, -0.15) is 5.10 Å². The van der Waals surface area contributed by atoms with Gasteiger partial charge in [-0.3, -0.25) is 9.59 Å². The molecule has 31 heavy (non-hydrogen) atoms. The van der Waals surface area contributed by atoms with E-state index in [9.17, 15) is 4.79 Å². The van der Waals surface area contributed by atoms with E-state index in [2.05, 4.69) is 52.9 Å². The topological polar surface area (TPSA) is 121 Å². The molecule has 3 aromatic rings. The fourth-order valence-electron chi connectivity index (χ4n) is 3.47. The average Bonchev–Trinajstić information content (AvgIpc) is 3.23. The van der Waals surface area contributed by atoms with E-state index >= 15 is 0 Å². The number of carboxylic acid groups (broad SMARTS) is 1. The van der Waals surface area contributed by atoms with E-state index in [4.69, 9.17) is 9.90 Å². The fraction of sp³-hybridized carbons (Fsp3) is 0.238. The number of carbonyl (C=O) groups is 2. The molecule has 0 aliphatic carbocycles. The number of nitrogens with zero attached hydrogens (tertiary/aromatic N) is 5. The molecule has 1 atom stereocenters. The van der Waals surface area contributed by atoms with Crippen LogP contribution in [0.15, 0.2) is 53.9 Å². The summed E-state index contributed by atoms with van der Waals surface area (Å²) in [5, 5.41) is 20.2. The summed E-state index contributed by atoms with van der Waals surface area (Å²) in [5.74, 6) is 1.98. The van der Waals surface area contributed by atoms with Crippen LogP contribution in [0.4, 0.5) is 11.5 Å². The number of fused-ring (bicyclic) bond motifs is 1. The van der Waals surface area contributed by atoms with Gasteiger partial charge in [0, 0.05) is 48.4 Å². The van der Waals surface area contributed by atoms with Gasteiger partial charge in [0.05, 0.1) is 10.7 Å². The summed E-state index contributed by atoms with van der Waals surface area (Å²) in [7, 11) is 0. The molecule has 3 heterocycles. The number of hydrogen-bond donors (Lipinski definition) is 2. The fourth-order valence-corrected chi connectivity index (χ4v) is 3.68. The molecule has 10 heteroatoms. The molecule has 160 valence electrons. The van der Waals surface area contributed by atoms with Crippen LogP contribution in [-0.4, -0.2) is 50.7 Å². The minimum absolute atomic E-state index is 0.237. The van der Waals surface area contributed by atoms with Crippen LogP contribution in [0, 0.1) is 5.92 Å². The second kappa shape index (κ2) is 10.6. The minimum atomic E-state index is -0.250. The molecule has 0 saturated carbocycles. The van der Waals surface area contributed by atoms with E-state index in [0.717, 1.165) is 52.8 Å². The molecular formula is C21H21BrN6O3. The Balaban J connectivity index is 0.000000858. The molecule has 0 spiro atoms. The van der Waals surface area contributed by atoms with Crippen molar-refractivity contribution >= 4 is 50.6 Å². The lowest BCUT2D eigenvalue weighted by Gasteiger charge is -2.19. The highest BCUT2D eigenvalue weighted by Crippen LogP contribution is 2.30. The number of anilines is 2. The van der Waals surface area contributed by atoms with Gasteiger partial charge in [0.1, 0.15) is 5.82 Å². The Hall–Kier alpha value is -3.40. The second-order valence-corrected chi connectivity index (χ2v) is 7.81. The van der Waals surface area contributed by atoms with E-state index in [1.165, 1.54) is 6.08 Å². The molecule has 2 aromatic heterocycles. The molecule has 1 fully saturated rings. The van der Waals surface area contributed by atoms with Crippen LogP contribution >= 0.6 is 15.9 Å². The Morgan fingerprint density at radius 3 is 2.77 bits per heavy atom. The van der Waals surface area contributed by atoms with Crippen molar-refractivity contribution in [2.45, 2.75) is 12.8 Å². The van der Waals surface area contributed by atoms with Crippen LogP contribution in [0.3, 0.4) is 0 Å². The zero-order chi connectivity index (χ0) is 22.2. The smallest absolute Gasteiger partial charge is 0.290 e. The van der Waals surface area contributed by atoms with Crippen molar-refractivity contribution in [2.75, 3.05) is 23.3 Å². The van der Waals surface area contributed by atoms with Gasteiger partial charge in [0.15, 0.2) is 5.82 Å². The Kier molecular flexibility index (Phi) is 7.60. The summed E-state index contributed by atoms with van der Waals surface area (Å²) in [6.07, 6.45) is 8.44. The lowest BCUT2D eigenvalue weighted by molar-refractivity contribution is -0.122. The van der Waals surface area contributed by atoms with Crippen molar-refractivity contribution in [1.82, 2.24) is 20.2 Å². The van der Waals surface area contributed by atoms with Gasteiger partial charge >= 0.3 is 0 Å². The van der Waals surface area contributed by atoms with Gasteiger partial charge in [0.25, 0.3) is 6.47 Å². The molecule has 1 saturated heterocycles. The Bertz CT molecular complexity index is 1080. The zero-order valence-corrected chi connectivity index (χ0v) is 18.2. The Morgan fingerprint density at radius 2 is 2.06 bits per heavy atom. The second-order valence-electron chi connectivity index (χ2n) is 6.89. The summed E-state index contributed by atoms with van der Waals surface area (Å²) >= 11 is 3.37. The number of amides is 1. The van der Waals surface area contributed by atoms with Gasteiger partial charge in [-0.05, 0) is 52.5 Å². The predicted octanol–water partition coefficient (Wildman–Crippen LogP) is 3.08. The Morgan fingerprint density at radius 1 is 1.32 bits per heavy atom. The maximum Gasteiger partial charge on any atom is 0.290 e. The molecule has 1 aromatic carbocycles. The third kappa shape index (κ3) is 5.82. The number of rotatable bonds is 5. The molecule has 1 aliphatic rings. The molecule has 4 rings (SSSR count). The number of nitrogens with one attached hydrogen (secondary N) is 1. The van der Waals surface area contributed by atoms with Crippen LogP contribution in [0.25, 0.3) is 10.8 Å². The van der Waals surface area contributed by atoms with Crippen molar-refractivity contribution in [1.29, 1.82) is 0 Å². The van der Waals surface area contributed by atoms with Crippen LogP contribution in [0.5, 0.6) is 0 Å². The van der Waals surface area contributed by atoms with E-state index in [-0.39, 0.29) is 12.4 Å². The molecule has 1 aliphatic heterocycles. The predicted molar refractivity (Wildman–Crippen MR) is 121 cm³/mol. The standard InChI is InChI=1S/C20H19BrN6O.CH2O2/c1-2-19(28)25-16-3-4-17-14(8-16)9-24-26-20(17)27-6-5-13(12-27)7-18-22-10-15(21)11-23-18;2-1-3/h2-4,8-11,13H,1,5-7,12H2,(H,25,28);1H,(H,2,3)/t13-;/m0./s1.